The minimum absolute atomic E-state index is 0.655. The Kier molecular flexibility index (Phi) is 2.87. The Balaban J connectivity index is 2.49. The molecule has 0 spiro atoms. The van der Waals surface area contributed by atoms with Crippen LogP contribution in [0, 0.1) is 0 Å². The van der Waals surface area contributed by atoms with Crippen molar-refractivity contribution in [1.29, 1.82) is 0 Å². The highest BCUT2D eigenvalue weighted by atomic mass is 16.6. The Morgan fingerprint density at radius 2 is 1.82 bits per heavy atom. The van der Waals surface area contributed by atoms with E-state index in [1.54, 1.807) is 0 Å². The van der Waals surface area contributed by atoms with Crippen molar-refractivity contribution in [2.45, 2.75) is 44.0 Å². The van der Waals surface area contributed by atoms with Gasteiger partial charge in [0.1, 0.15) is 5.60 Å². The first kappa shape index (κ1) is 8.97. The van der Waals surface area contributed by atoms with Crippen LogP contribution in [0.15, 0.2) is 0 Å². The van der Waals surface area contributed by atoms with Gasteiger partial charge in [-0.25, -0.2) is 0 Å². The van der Waals surface area contributed by atoms with Gasteiger partial charge in [0.25, 0.3) is 0 Å². The van der Waals surface area contributed by atoms with Crippen LogP contribution in [-0.4, -0.2) is 29.2 Å². The number of rotatable bonds is 2. The molecular weight excluding hydrogens is 144 g/mol. The van der Waals surface area contributed by atoms with Crippen molar-refractivity contribution >= 4 is 0 Å². The summed E-state index contributed by atoms with van der Waals surface area (Å²) >= 11 is 0. The van der Waals surface area contributed by atoms with Crippen molar-refractivity contribution in [3.05, 3.63) is 0 Å². The van der Waals surface area contributed by atoms with Gasteiger partial charge in [-0.2, -0.15) is 0 Å². The van der Waals surface area contributed by atoms with Gasteiger partial charge in [-0.1, -0.05) is 19.3 Å². The summed E-state index contributed by atoms with van der Waals surface area (Å²) < 4.78 is 4.70. The minimum atomic E-state index is -1.01. The molecule has 0 amide bonds. The van der Waals surface area contributed by atoms with Crippen molar-refractivity contribution in [3.8, 4) is 0 Å². The summed E-state index contributed by atoms with van der Waals surface area (Å²) in [4.78, 5) is 0. The summed E-state index contributed by atoms with van der Waals surface area (Å²) in [6.45, 7) is 0. The van der Waals surface area contributed by atoms with Crippen molar-refractivity contribution in [3.63, 3.8) is 0 Å². The summed E-state index contributed by atoms with van der Waals surface area (Å²) in [5.74, 6) is 0. The standard InChI is InChI=1S/C8H16O3/c1-11-7(9)8(10)5-3-2-4-6-8/h7,9-10H,2-6H2,1H3. The molecule has 0 aromatic carbocycles. The van der Waals surface area contributed by atoms with Gasteiger partial charge in [-0.15, -0.1) is 0 Å². The van der Waals surface area contributed by atoms with Crippen LogP contribution in [0.5, 0.6) is 0 Å². The second kappa shape index (κ2) is 3.52. The van der Waals surface area contributed by atoms with Crippen LogP contribution >= 0.6 is 0 Å². The number of hydrogen-bond donors (Lipinski definition) is 2. The van der Waals surface area contributed by atoms with E-state index in [-0.39, 0.29) is 0 Å². The number of methoxy groups -OCH3 is 1. The van der Waals surface area contributed by atoms with Gasteiger partial charge in [0.15, 0.2) is 6.29 Å². The van der Waals surface area contributed by atoms with Crippen molar-refractivity contribution in [1.82, 2.24) is 0 Å². The van der Waals surface area contributed by atoms with E-state index in [0.717, 1.165) is 19.3 Å². The second-order valence-electron chi connectivity index (χ2n) is 3.25. The fourth-order valence-electron chi connectivity index (χ4n) is 1.63. The monoisotopic (exact) mass is 160 g/mol. The lowest BCUT2D eigenvalue weighted by atomic mass is 9.84. The molecule has 0 bridgehead atoms. The van der Waals surface area contributed by atoms with Gasteiger partial charge < -0.3 is 14.9 Å². The van der Waals surface area contributed by atoms with Crippen LogP contribution < -0.4 is 0 Å². The van der Waals surface area contributed by atoms with E-state index in [9.17, 15) is 10.2 Å². The van der Waals surface area contributed by atoms with E-state index in [4.69, 9.17) is 4.74 Å². The number of aliphatic hydroxyl groups excluding tert-OH is 1. The highest BCUT2D eigenvalue weighted by Crippen LogP contribution is 2.30. The van der Waals surface area contributed by atoms with Crippen molar-refractivity contribution in [2.24, 2.45) is 0 Å². The molecule has 66 valence electrons. The molecule has 1 fully saturated rings. The first-order valence-electron chi connectivity index (χ1n) is 4.12. The van der Waals surface area contributed by atoms with E-state index < -0.39 is 11.9 Å². The molecule has 3 heteroatoms. The zero-order chi connectivity index (χ0) is 8.32. The Bertz CT molecular complexity index is 119. The highest BCUT2D eigenvalue weighted by molar-refractivity contribution is 4.84. The van der Waals surface area contributed by atoms with Crippen LogP contribution in [0.3, 0.4) is 0 Å². The Morgan fingerprint density at radius 1 is 1.27 bits per heavy atom. The van der Waals surface area contributed by atoms with Gasteiger partial charge in [0.05, 0.1) is 0 Å². The maximum Gasteiger partial charge on any atom is 0.183 e. The lowest BCUT2D eigenvalue weighted by Crippen LogP contribution is -2.44. The number of ether oxygens (including phenoxy) is 1. The third-order valence-corrected chi connectivity index (χ3v) is 2.40. The first-order chi connectivity index (χ1) is 5.19. The molecule has 0 aliphatic heterocycles. The summed E-state index contributed by atoms with van der Waals surface area (Å²) in [5, 5.41) is 19.0. The average molecular weight is 160 g/mol. The molecule has 1 saturated carbocycles. The topological polar surface area (TPSA) is 49.7 Å². The fourth-order valence-corrected chi connectivity index (χ4v) is 1.63. The summed E-state index contributed by atoms with van der Waals surface area (Å²) in [5.41, 5.74) is -0.979. The third-order valence-electron chi connectivity index (χ3n) is 2.40. The molecule has 0 aromatic rings. The Labute approximate surface area is 67.0 Å². The molecule has 1 aliphatic carbocycles. The van der Waals surface area contributed by atoms with E-state index in [1.807, 2.05) is 0 Å². The summed E-state index contributed by atoms with van der Waals surface area (Å²) in [7, 11) is 1.41. The van der Waals surface area contributed by atoms with Crippen LogP contribution in [0.1, 0.15) is 32.1 Å². The van der Waals surface area contributed by atoms with E-state index in [1.165, 1.54) is 7.11 Å². The maximum atomic E-state index is 9.76. The van der Waals surface area contributed by atoms with E-state index in [0.29, 0.717) is 12.8 Å². The summed E-state index contributed by atoms with van der Waals surface area (Å²) in [6, 6.07) is 0. The van der Waals surface area contributed by atoms with Crippen LogP contribution in [0.4, 0.5) is 0 Å². The smallest absolute Gasteiger partial charge is 0.183 e. The molecule has 1 unspecified atom stereocenters. The zero-order valence-corrected chi connectivity index (χ0v) is 6.92. The molecule has 2 N–H and O–H groups in total. The van der Waals surface area contributed by atoms with Crippen LogP contribution in [0.25, 0.3) is 0 Å². The van der Waals surface area contributed by atoms with Gasteiger partial charge in [0, 0.05) is 7.11 Å². The minimum Gasteiger partial charge on any atom is -0.385 e. The van der Waals surface area contributed by atoms with Crippen LogP contribution in [-0.2, 0) is 4.74 Å². The Hall–Kier alpha value is -0.120. The molecule has 3 nitrogen and oxygen atoms in total. The zero-order valence-electron chi connectivity index (χ0n) is 6.92. The molecule has 0 radical (unpaired) electrons. The third kappa shape index (κ3) is 1.92. The van der Waals surface area contributed by atoms with Gasteiger partial charge >= 0.3 is 0 Å². The molecule has 1 aliphatic rings. The molecule has 1 rings (SSSR count). The SMILES string of the molecule is COC(O)C1(O)CCCCC1. The lowest BCUT2D eigenvalue weighted by Gasteiger charge is -2.34. The molecule has 0 aromatic heterocycles. The van der Waals surface area contributed by atoms with Gasteiger partial charge in [-0.3, -0.25) is 0 Å². The number of hydrogen-bond acceptors (Lipinski definition) is 3. The van der Waals surface area contributed by atoms with Crippen molar-refractivity contribution < 1.29 is 14.9 Å². The van der Waals surface area contributed by atoms with Crippen molar-refractivity contribution in [2.75, 3.05) is 7.11 Å². The average Bonchev–Trinajstić information content (AvgIpc) is 2.04. The fraction of sp³-hybridized carbons (Fsp3) is 1.00. The highest BCUT2D eigenvalue weighted by Gasteiger charge is 2.36. The molecule has 0 heterocycles. The van der Waals surface area contributed by atoms with Crippen LogP contribution in [0.2, 0.25) is 0 Å². The Morgan fingerprint density at radius 3 is 2.27 bits per heavy atom. The quantitative estimate of drug-likeness (QED) is 0.583. The lowest BCUT2D eigenvalue weighted by molar-refractivity contribution is -0.210. The van der Waals surface area contributed by atoms with E-state index in [2.05, 4.69) is 0 Å². The number of aliphatic hydroxyl groups is 2. The predicted octanol–water partition coefficient (Wildman–Crippen LogP) is 0.646. The predicted molar refractivity (Wildman–Crippen MR) is 41.1 cm³/mol. The molecular formula is C8H16O3. The molecule has 11 heavy (non-hydrogen) atoms. The molecule has 0 saturated heterocycles. The maximum absolute atomic E-state index is 9.76. The van der Waals surface area contributed by atoms with Gasteiger partial charge in [-0.05, 0) is 12.8 Å². The van der Waals surface area contributed by atoms with E-state index >= 15 is 0 Å². The normalized spacial score (nSPS) is 26.5. The second-order valence-corrected chi connectivity index (χ2v) is 3.25. The largest absolute Gasteiger partial charge is 0.385 e. The first-order valence-corrected chi connectivity index (χ1v) is 4.12. The molecule has 1 atom stereocenters. The summed E-state index contributed by atoms with van der Waals surface area (Å²) in [6.07, 6.45) is 3.42. The van der Waals surface area contributed by atoms with Gasteiger partial charge in [0.2, 0.25) is 0 Å².